The molecule has 1 amide bonds. The number of nitrogens with one attached hydrogen (secondary N) is 1. The fourth-order valence-electron chi connectivity index (χ4n) is 2.64. The quantitative estimate of drug-likeness (QED) is 0.688. The number of nitrogens with zero attached hydrogens (tertiary/aromatic N) is 4. The van der Waals surface area contributed by atoms with E-state index in [1.54, 1.807) is 12.3 Å². The molecule has 3 aromatic rings. The van der Waals surface area contributed by atoms with Crippen LogP contribution >= 0.6 is 0 Å². The molecular weight excluding hydrogens is 346 g/mol. The normalized spacial score (nSPS) is 12.0. The van der Waals surface area contributed by atoms with Crippen molar-refractivity contribution in [1.82, 2.24) is 25.2 Å². The summed E-state index contributed by atoms with van der Waals surface area (Å²) in [5.41, 5.74) is 3.14. The first-order chi connectivity index (χ1) is 12.9. The van der Waals surface area contributed by atoms with Gasteiger partial charge in [-0.25, -0.2) is 0 Å². The van der Waals surface area contributed by atoms with Gasteiger partial charge in [0.25, 0.3) is 5.91 Å². The molecule has 0 unspecified atom stereocenters. The molecule has 1 atom stereocenters. The molecule has 1 N–H and O–H groups in total. The Hall–Kier alpha value is -3.16. The lowest BCUT2D eigenvalue weighted by Crippen LogP contribution is -2.36. The maximum absolute atomic E-state index is 12.3. The highest BCUT2D eigenvalue weighted by molar-refractivity contribution is 5.92. The van der Waals surface area contributed by atoms with Crippen LogP contribution in [0.3, 0.4) is 0 Å². The highest BCUT2D eigenvalue weighted by Crippen LogP contribution is 2.12. The standard InChI is InChI=1S/C19H23N5O3/c1-12-5-6-16(9-20-12)26-11-17-8-18(23-27-17)19(25)21-14(3)10-24-15(4)7-13(2)22-24/h5-9,14H,10-11H2,1-4H3,(H,21,25)/t14-/m1/s1. The maximum Gasteiger partial charge on any atom is 0.273 e. The predicted octanol–water partition coefficient (Wildman–Crippen LogP) is 2.59. The monoisotopic (exact) mass is 369 g/mol. The molecule has 3 aromatic heterocycles. The lowest BCUT2D eigenvalue weighted by Gasteiger charge is -2.14. The van der Waals surface area contributed by atoms with Gasteiger partial charge in [0, 0.05) is 23.5 Å². The molecule has 3 heterocycles. The van der Waals surface area contributed by atoms with E-state index in [9.17, 15) is 4.79 Å². The first kappa shape index (κ1) is 18.6. The number of hydrogen-bond acceptors (Lipinski definition) is 6. The zero-order chi connectivity index (χ0) is 19.4. The van der Waals surface area contributed by atoms with Crippen LogP contribution in [0.5, 0.6) is 5.75 Å². The first-order valence-electron chi connectivity index (χ1n) is 8.73. The van der Waals surface area contributed by atoms with Crippen LogP contribution in [0.4, 0.5) is 0 Å². The van der Waals surface area contributed by atoms with Gasteiger partial charge < -0.3 is 14.6 Å². The Morgan fingerprint density at radius 3 is 2.74 bits per heavy atom. The van der Waals surface area contributed by atoms with Gasteiger partial charge in [0.2, 0.25) is 0 Å². The van der Waals surface area contributed by atoms with E-state index < -0.39 is 0 Å². The second-order valence-corrected chi connectivity index (χ2v) is 6.59. The van der Waals surface area contributed by atoms with Crippen molar-refractivity contribution in [3.63, 3.8) is 0 Å². The average molecular weight is 369 g/mol. The fraction of sp³-hybridized carbons (Fsp3) is 0.368. The van der Waals surface area contributed by atoms with Crippen molar-refractivity contribution >= 4 is 5.91 Å². The van der Waals surface area contributed by atoms with Gasteiger partial charge in [-0.05, 0) is 45.9 Å². The lowest BCUT2D eigenvalue weighted by molar-refractivity contribution is 0.0926. The van der Waals surface area contributed by atoms with Crippen molar-refractivity contribution in [2.24, 2.45) is 0 Å². The zero-order valence-electron chi connectivity index (χ0n) is 15.9. The number of amides is 1. The van der Waals surface area contributed by atoms with Gasteiger partial charge in [0.1, 0.15) is 12.4 Å². The minimum atomic E-state index is -0.295. The number of rotatable bonds is 7. The molecule has 27 heavy (non-hydrogen) atoms. The lowest BCUT2D eigenvalue weighted by atomic mass is 10.3. The molecule has 8 heteroatoms. The third kappa shape index (κ3) is 4.93. The van der Waals surface area contributed by atoms with Gasteiger partial charge in [-0.1, -0.05) is 5.16 Å². The first-order valence-corrected chi connectivity index (χ1v) is 8.73. The molecule has 8 nitrogen and oxygen atoms in total. The summed E-state index contributed by atoms with van der Waals surface area (Å²) in [5, 5.41) is 11.1. The number of carbonyl (C=O) groups is 1. The van der Waals surface area contributed by atoms with E-state index in [2.05, 4.69) is 20.6 Å². The predicted molar refractivity (Wildman–Crippen MR) is 98.4 cm³/mol. The molecule has 0 saturated carbocycles. The Balaban J connectivity index is 1.53. The van der Waals surface area contributed by atoms with Gasteiger partial charge in [-0.3, -0.25) is 14.5 Å². The Kier molecular flexibility index (Phi) is 5.54. The second-order valence-electron chi connectivity index (χ2n) is 6.59. The Labute approximate surface area is 157 Å². The van der Waals surface area contributed by atoms with Crippen LogP contribution in [0.1, 0.15) is 40.3 Å². The summed E-state index contributed by atoms with van der Waals surface area (Å²) in [7, 11) is 0. The topological polar surface area (TPSA) is 95.1 Å². The molecule has 0 aliphatic carbocycles. The molecule has 0 fully saturated rings. The van der Waals surface area contributed by atoms with Crippen LogP contribution in [0.15, 0.2) is 35.0 Å². The molecule has 0 bridgehead atoms. The molecule has 142 valence electrons. The Morgan fingerprint density at radius 2 is 2.07 bits per heavy atom. The molecule has 3 rings (SSSR count). The van der Waals surface area contributed by atoms with Crippen LogP contribution in [0.25, 0.3) is 0 Å². The largest absolute Gasteiger partial charge is 0.484 e. The van der Waals surface area contributed by atoms with Crippen LogP contribution in [-0.2, 0) is 13.2 Å². The van der Waals surface area contributed by atoms with Crippen LogP contribution < -0.4 is 10.1 Å². The third-order valence-corrected chi connectivity index (χ3v) is 3.98. The van der Waals surface area contributed by atoms with E-state index in [-0.39, 0.29) is 24.2 Å². The van der Waals surface area contributed by atoms with Crippen LogP contribution in [0.2, 0.25) is 0 Å². The van der Waals surface area contributed by atoms with Gasteiger partial charge in [0.15, 0.2) is 11.5 Å². The van der Waals surface area contributed by atoms with Crippen molar-refractivity contribution in [3.05, 3.63) is 59.0 Å². The summed E-state index contributed by atoms with van der Waals surface area (Å²) in [4.78, 5) is 16.5. The van der Waals surface area contributed by atoms with Gasteiger partial charge in [-0.2, -0.15) is 5.10 Å². The smallest absolute Gasteiger partial charge is 0.273 e. The molecule has 0 aromatic carbocycles. The van der Waals surface area contributed by atoms with E-state index in [1.807, 2.05) is 50.6 Å². The maximum atomic E-state index is 12.3. The zero-order valence-corrected chi connectivity index (χ0v) is 15.9. The van der Waals surface area contributed by atoms with E-state index in [4.69, 9.17) is 9.26 Å². The summed E-state index contributed by atoms with van der Waals surface area (Å²) in [6.45, 7) is 8.51. The van der Waals surface area contributed by atoms with E-state index in [1.165, 1.54) is 0 Å². The summed E-state index contributed by atoms with van der Waals surface area (Å²) in [6.07, 6.45) is 1.64. The second kappa shape index (κ2) is 8.03. The number of pyridine rings is 1. The van der Waals surface area contributed by atoms with E-state index in [0.717, 1.165) is 17.1 Å². The number of aromatic nitrogens is 4. The molecule has 0 aliphatic rings. The highest BCUT2D eigenvalue weighted by Gasteiger charge is 2.16. The molecular formula is C19H23N5O3. The van der Waals surface area contributed by atoms with Gasteiger partial charge in [0.05, 0.1) is 18.4 Å². The highest BCUT2D eigenvalue weighted by atomic mass is 16.5. The Bertz CT molecular complexity index is 914. The van der Waals surface area contributed by atoms with Crippen LogP contribution in [0, 0.1) is 20.8 Å². The van der Waals surface area contributed by atoms with Crippen LogP contribution in [-0.4, -0.2) is 31.9 Å². The van der Waals surface area contributed by atoms with Gasteiger partial charge >= 0.3 is 0 Å². The number of aryl methyl sites for hydroxylation is 3. The van der Waals surface area contributed by atoms with Gasteiger partial charge in [-0.15, -0.1) is 0 Å². The number of ether oxygens (including phenoxy) is 1. The fourth-order valence-corrected chi connectivity index (χ4v) is 2.64. The SMILES string of the molecule is Cc1ccc(OCc2cc(C(=O)N[C@H](C)Cn3nc(C)cc3C)no2)cn1. The van der Waals surface area contributed by atoms with Crippen molar-refractivity contribution < 1.29 is 14.1 Å². The summed E-state index contributed by atoms with van der Waals surface area (Å²) < 4.78 is 12.6. The molecule has 0 saturated heterocycles. The number of carbonyl (C=O) groups excluding carboxylic acids is 1. The summed E-state index contributed by atoms with van der Waals surface area (Å²) >= 11 is 0. The van der Waals surface area contributed by atoms with Crippen molar-refractivity contribution in [2.75, 3.05) is 0 Å². The number of hydrogen-bond donors (Lipinski definition) is 1. The average Bonchev–Trinajstić information content (AvgIpc) is 3.21. The minimum Gasteiger partial charge on any atom is -0.484 e. The molecule has 0 aliphatic heterocycles. The van der Waals surface area contributed by atoms with Crippen molar-refractivity contribution in [2.45, 2.75) is 46.9 Å². The summed E-state index contributed by atoms with van der Waals surface area (Å²) in [5.74, 6) is 0.796. The summed E-state index contributed by atoms with van der Waals surface area (Å²) in [6, 6.07) is 7.16. The Morgan fingerprint density at radius 1 is 1.26 bits per heavy atom. The van der Waals surface area contributed by atoms with Crippen molar-refractivity contribution in [1.29, 1.82) is 0 Å². The minimum absolute atomic E-state index is 0.106. The molecule has 0 spiro atoms. The van der Waals surface area contributed by atoms with Crippen molar-refractivity contribution in [3.8, 4) is 5.75 Å². The van der Waals surface area contributed by atoms with E-state index >= 15 is 0 Å². The molecule has 0 radical (unpaired) electrons. The third-order valence-electron chi connectivity index (χ3n) is 3.98. The van der Waals surface area contributed by atoms with E-state index in [0.29, 0.717) is 18.1 Å².